The molecular formula is C25H23BrO4. The summed E-state index contributed by atoms with van der Waals surface area (Å²) in [4.78, 5) is 0. The second-order valence-corrected chi connectivity index (χ2v) is 7.86. The summed E-state index contributed by atoms with van der Waals surface area (Å²) in [6.07, 6.45) is 0. The number of ether oxygens (including phenoxy) is 4. The minimum Gasteiger partial charge on any atom is -0.467 e. The smallest absolute Gasteiger partial charge is 0.188 e. The van der Waals surface area contributed by atoms with Crippen molar-refractivity contribution in [3.63, 3.8) is 0 Å². The molecule has 4 nitrogen and oxygen atoms in total. The van der Waals surface area contributed by atoms with Gasteiger partial charge in [-0.2, -0.15) is 0 Å². The molecule has 5 heteroatoms. The summed E-state index contributed by atoms with van der Waals surface area (Å²) in [7, 11) is 3.24. The highest BCUT2D eigenvalue weighted by atomic mass is 79.9. The highest BCUT2D eigenvalue weighted by Gasteiger charge is 2.23. The van der Waals surface area contributed by atoms with Crippen LogP contribution in [0.3, 0.4) is 0 Å². The topological polar surface area (TPSA) is 36.9 Å². The number of hydrogen-bond donors (Lipinski definition) is 0. The van der Waals surface area contributed by atoms with E-state index < -0.39 is 0 Å². The lowest BCUT2D eigenvalue weighted by molar-refractivity contribution is 0.0496. The van der Waals surface area contributed by atoms with Gasteiger partial charge in [0.05, 0.1) is 4.47 Å². The van der Waals surface area contributed by atoms with Crippen LogP contribution in [-0.4, -0.2) is 27.8 Å². The molecule has 30 heavy (non-hydrogen) atoms. The Kier molecular flexibility index (Phi) is 6.23. The van der Waals surface area contributed by atoms with Gasteiger partial charge in [-0.1, -0.05) is 48.5 Å². The minimum absolute atomic E-state index is 0.141. The van der Waals surface area contributed by atoms with Crippen molar-refractivity contribution in [2.24, 2.45) is 0 Å². The van der Waals surface area contributed by atoms with Gasteiger partial charge in [-0.15, -0.1) is 0 Å². The van der Waals surface area contributed by atoms with Gasteiger partial charge in [-0.3, -0.25) is 0 Å². The van der Waals surface area contributed by atoms with Gasteiger partial charge in [0.2, 0.25) is 0 Å². The fourth-order valence-corrected chi connectivity index (χ4v) is 4.38. The number of rotatable bonds is 7. The van der Waals surface area contributed by atoms with E-state index in [1.807, 2.05) is 24.3 Å². The Bertz CT molecular complexity index is 1110. The first-order valence-electron chi connectivity index (χ1n) is 9.63. The van der Waals surface area contributed by atoms with E-state index in [1.165, 1.54) is 0 Å². The summed E-state index contributed by atoms with van der Waals surface area (Å²) >= 11 is 3.71. The van der Waals surface area contributed by atoms with Crippen molar-refractivity contribution in [1.29, 1.82) is 0 Å². The molecule has 0 amide bonds. The maximum Gasteiger partial charge on any atom is 0.188 e. The van der Waals surface area contributed by atoms with Gasteiger partial charge in [-0.25, -0.2) is 0 Å². The standard InChI is InChI=1S/C25H23BrO4/c1-16-12-17-8-4-6-10-19(17)22(24(16)29-14-27-2)23-20-11-7-5-9-18(20)13-21(26)25(23)30-15-28-3/h4-13H,14-15H2,1-3H3. The first kappa shape index (κ1) is 20.7. The van der Waals surface area contributed by atoms with E-state index in [4.69, 9.17) is 18.9 Å². The number of halogens is 1. The molecule has 0 atom stereocenters. The highest BCUT2D eigenvalue weighted by Crippen LogP contribution is 2.49. The van der Waals surface area contributed by atoms with E-state index >= 15 is 0 Å². The molecule has 0 aliphatic heterocycles. The zero-order valence-corrected chi connectivity index (χ0v) is 18.8. The van der Waals surface area contributed by atoms with E-state index in [9.17, 15) is 0 Å². The molecule has 0 bridgehead atoms. The lowest BCUT2D eigenvalue weighted by atomic mass is 9.90. The molecule has 0 saturated carbocycles. The zero-order valence-electron chi connectivity index (χ0n) is 17.2. The Morgan fingerprint density at radius 2 is 1.20 bits per heavy atom. The molecule has 0 unspecified atom stereocenters. The number of hydrogen-bond acceptors (Lipinski definition) is 4. The maximum atomic E-state index is 6.10. The van der Waals surface area contributed by atoms with Crippen LogP contribution >= 0.6 is 15.9 Å². The average molecular weight is 467 g/mol. The van der Waals surface area contributed by atoms with Crippen LogP contribution < -0.4 is 9.47 Å². The molecule has 0 aliphatic carbocycles. The fourth-order valence-electron chi connectivity index (χ4n) is 3.82. The first-order valence-corrected chi connectivity index (χ1v) is 10.4. The van der Waals surface area contributed by atoms with E-state index in [0.717, 1.165) is 48.5 Å². The molecule has 4 rings (SSSR count). The van der Waals surface area contributed by atoms with Crippen molar-refractivity contribution in [2.45, 2.75) is 6.92 Å². The second-order valence-electron chi connectivity index (χ2n) is 7.00. The molecule has 4 aromatic rings. The van der Waals surface area contributed by atoms with Crippen LogP contribution in [0.15, 0.2) is 65.1 Å². The zero-order chi connectivity index (χ0) is 21.1. The van der Waals surface area contributed by atoms with Crippen molar-refractivity contribution in [2.75, 3.05) is 27.8 Å². The fraction of sp³-hybridized carbons (Fsp3) is 0.200. The molecular weight excluding hydrogens is 444 g/mol. The van der Waals surface area contributed by atoms with Crippen molar-refractivity contribution in [1.82, 2.24) is 0 Å². The second kappa shape index (κ2) is 9.04. The normalized spacial score (nSPS) is 11.2. The molecule has 0 spiro atoms. The number of methoxy groups -OCH3 is 2. The number of benzene rings is 4. The average Bonchev–Trinajstić information content (AvgIpc) is 2.76. The summed E-state index contributed by atoms with van der Waals surface area (Å²) in [6, 6.07) is 20.8. The lowest BCUT2D eigenvalue weighted by Gasteiger charge is -2.21. The predicted octanol–water partition coefficient (Wildman–Crippen LogP) is 6.70. The summed E-state index contributed by atoms with van der Waals surface area (Å²) in [5.74, 6) is 1.50. The summed E-state index contributed by atoms with van der Waals surface area (Å²) < 4.78 is 23.5. The largest absolute Gasteiger partial charge is 0.467 e. The number of aryl methyl sites for hydroxylation is 1. The maximum absolute atomic E-state index is 6.10. The molecule has 4 aromatic carbocycles. The van der Waals surface area contributed by atoms with Crippen molar-refractivity contribution in [3.05, 3.63) is 70.7 Å². The third-order valence-corrected chi connectivity index (χ3v) is 5.62. The van der Waals surface area contributed by atoms with Crippen LogP contribution in [0.25, 0.3) is 32.7 Å². The Hall–Kier alpha value is -2.60. The molecule has 154 valence electrons. The van der Waals surface area contributed by atoms with Gasteiger partial charge in [0.15, 0.2) is 13.6 Å². The van der Waals surface area contributed by atoms with Crippen molar-refractivity contribution >= 4 is 37.5 Å². The van der Waals surface area contributed by atoms with Crippen LogP contribution in [0.1, 0.15) is 5.56 Å². The predicted molar refractivity (Wildman–Crippen MR) is 124 cm³/mol. The van der Waals surface area contributed by atoms with Crippen LogP contribution in [0.4, 0.5) is 0 Å². The van der Waals surface area contributed by atoms with E-state index in [2.05, 4.69) is 59.3 Å². The summed E-state index contributed by atoms with van der Waals surface area (Å²) in [5.41, 5.74) is 2.97. The van der Waals surface area contributed by atoms with Crippen LogP contribution in [0.2, 0.25) is 0 Å². The minimum atomic E-state index is 0.141. The molecule has 0 aliphatic rings. The Morgan fingerprint density at radius 3 is 1.80 bits per heavy atom. The van der Waals surface area contributed by atoms with Gasteiger partial charge in [0, 0.05) is 25.3 Å². The van der Waals surface area contributed by atoms with Crippen LogP contribution in [0.5, 0.6) is 11.5 Å². The summed E-state index contributed by atoms with van der Waals surface area (Å²) in [6.45, 7) is 2.35. The quantitative estimate of drug-likeness (QED) is 0.284. The van der Waals surface area contributed by atoms with Gasteiger partial charge >= 0.3 is 0 Å². The third-order valence-electron chi connectivity index (χ3n) is 5.04. The van der Waals surface area contributed by atoms with Crippen molar-refractivity contribution in [3.8, 4) is 22.6 Å². The molecule has 0 fully saturated rings. The Labute approximate surface area is 184 Å². The SMILES string of the molecule is COCOc1c(C)cc2ccccc2c1-c1c(OCOC)c(Br)cc2ccccc12. The first-order chi connectivity index (χ1) is 14.7. The van der Waals surface area contributed by atoms with Gasteiger partial charge in [0.25, 0.3) is 0 Å². The Morgan fingerprint density at radius 1 is 0.700 bits per heavy atom. The van der Waals surface area contributed by atoms with E-state index in [-0.39, 0.29) is 13.6 Å². The monoisotopic (exact) mass is 466 g/mol. The molecule has 0 N–H and O–H groups in total. The van der Waals surface area contributed by atoms with Gasteiger partial charge in [0.1, 0.15) is 11.5 Å². The van der Waals surface area contributed by atoms with Gasteiger partial charge in [-0.05, 0) is 62.1 Å². The van der Waals surface area contributed by atoms with Crippen LogP contribution in [-0.2, 0) is 9.47 Å². The lowest BCUT2D eigenvalue weighted by Crippen LogP contribution is -2.05. The van der Waals surface area contributed by atoms with E-state index in [0.29, 0.717) is 5.75 Å². The van der Waals surface area contributed by atoms with Crippen LogP contribution in [0, 0.1) is 6.92 Å². The molecule has 0 radical (unpaired) electrons. The van der Waals surface area contributed by atoms with Gasteiger partial charge < -0.3 is 18.9 Å². The Balaban J connectivity index is 2.16. The third kappa shape index (κ3) is 3.76. The molecule has 0 aromatic heterocycles. The van der Waals surface area contributed by atoms with E-state index in [1.54, 1.807) is 14.2 Å². The molecule has 0 heterocycles. The summed E-state index contributed by atoms with van der Waals surface area (Å²) in [5, 5.41) is 4.40. The van der Waals surface area contributed by atoms with Crippen molar-refractivity contribution < 1.29 is 18.9 Å². The molecule has 0 saturated heterocycles. The number of fused-ring (bicyclic) bond motifs is 2. The highest BCUT2D eigenvalue weighted by molar-refractivity contribution is 9.10.